The van der Waals surface area contributed by atoms with Gasteiger partial charge in [-0.2, -0.15) is 0 Å². The van der Waals surface area contributed by atoms with E-state index in [0.717, 1.165) is 79.2 Å². The Labute approximate surface area is 430 Å². The molecule has 3 saturated carbocycles. The predicted octanol–water partition coefficient (Wildman–Crippen LogP) is 10.3. The van der Waals surface area contributed by atoms with Gasteiger partial charge in [0.1, 0.15) is 50.0 Å². The number of nitrogens with one attached hydrogen (secondary N) is 2. The van der Waals surface area contributed by atoms with Crippen LogP contribution in [0.15, 0.2) is 70.5 Å². The third-order valence-electron chi connectivity index (χ3n) is 16.2. The van der Waals surface area contributed by atoms with Crippen LogP contribution in [-0.2, 0) is 58.0 Å². The maximum absolute atomic E-state index is 13.6. The van der Waals surface area contributed by atoms with Crippen molar-refractivity contribution in [3.8, 4) is 23.0 Å². The Bertz CT molecular complexity index is 3030. The van der Waals surface area contributed by atoms with Crippen molar-refractivity contribution in [2.45, 2.75) is 155 Å². The van der Waals surface area contributed by atoms with Gasteiger partial charge in [-0.3, -0.25) is 19.0 Å². The number of rotatable bonds is 12. The molecule has 1 heterocycles. The maximum Gasteiger partial charge on any atom is 0.410 e. The van der Waals surface area contributed by atoms with Crippen LogP contribution in [0, 0.1) is 0 Å². The van der Waals surface area contributed by atoms with E-state index in [1.165, 1.54) is 71.5 Å². The molecule has 0 atom stereocenters. The minimum atomic E-state index is -4.01. The molecule has 0 unspecified atom stereocenters. The number of Topliss-reactive ketones (excluding diaryl/α,β-unsaturated/α-hetero) is 2. The number of sulfonamides is 2. The molecule has 0 aromatic heterocycles. The molecule has 1 amide bonds. The van der Waals surface area contributed by atoms with Crippen LogP contribution in [0.4, 0.5) is 16.2 Å². The normalized spacial score (nSPS) is 19.2. The quantitative estimate of drug-likeness (QED) is 0.137. The smallest absolute Gasteiger partial charge is 0.410 e. The first-order valence-electron chi connectivity index (χ1n) is 25.6. The van der Waals surface area contributed by atoms with Crippen LogP contribution in [0.2, 0.25) is 0 Å². The third-order valence-corrected chi connectivity index (χ3v) is 19.1. The summed E-state index contributed by atoms with van der Waals surface area (Å²) in [5.41, 5.74) is 5.86. The Morgan fingerprint density at radius 2 is 1.00 bits per heavy atom. The van der Waals surface area contributed by atoms with Crippen molar-refractivity contribution in [1.82, 2.24) is 4.90 Å². The number of anilines is 2. The van der Waals surface area contributed by atoms with Gasteiger partial charge < -0.3 is 28.6 Å². The fourth-order valence-electron chi connectivity index (χ4n) is 12.1. The summed E-state index contributed by atoms with van der Waals surface area (Å²) in [6.45, 7) is 6.62. The van der Waals surface area contributed by atoms with Crippen molar-refractivity contribution >= 4 is 49.1 Å². The molecule has 10 rings (SSSR count). The zero-order chi connectivity index (χ0) is 52.1. The average molecular weight is 1040 g/mol. The lowest BCUT2D eigenvalue weighted by atomic mass is 9.64. The summed E-state index contributed by atoms with van der Waals surface area (Å²) in [6, 6.07) is 16.9. The van der Waals surface area contributed by atoms with Gasteiger partial charge in [-0.25, -0.2) is 21.6 Å². The van der Waals surface area contributed by atoms with Crippen LogP contribution in [0.5, 0.6) is 23.0 Å². The number of hydrogen-bond acceptors (Lipinski definition) is 12. The molecule has 392 valence electrons. The molecule has 4 fully saturated rings. The van der Waals surface area contributed by atoms with E-state index in [-0.39, 0.29) is 39.1 Å². The van der Waals surface area contributed by atoms with Gasteiger partial charge in [0.25, 0.3) is 20.0 Å². The number of carbonyl (C=O) groups excluding carboxylic acids is 3. The second-order valence-corrected chi connectivity index (χ2v) is 24.9. The number of hydrogen-bond donors (Lipinski definition) is 2. The molecule has 6 aliphatic rings. The Morgan fingerprint density at radius 1 is 0.575 bits per heavy atom. The molecule has 4 aromatic carbocycles. The van der Waals surface area contributed by atoms with Crippen LogP contribution in [-0.4, -0.2) is 86.5 Å². The fraction of sp³-hybridized carbons (Fsp3) is 0.518. The molecule has 0 radical (unpaired) electrons. The van der Waals surface area contributed by atoms with Gasteiger partial charge in [-0.1, -0.05) is 32.1 Å². The third kappa shape index (κ3) is 9.99. The van der Waals surface area contributed by atoms with E-state index in [2.05, 4.69) is 9.44 Å². The number of amides is 1. The Balaban J connectivity index is 0.000000183. The van der Waals surface area contributed by atoms with Gasteiger partial charge >= 0.3 is 6.09 Å². The summed E-state index contributed by atoms with van der Waals surface area (Å²) in [4.78, 5) is 40.7. The minimum absolute atomic E-state index is 0.00190. The highest BCUT2D eigenvalue weighted by atomic mass is 32.2. The Kier molecular flexibility index (Phi) is 14.4. The summed E-state index contributed by atoms with van der Waals surface area (Å²) in [5.74, 6) is 2.41. The SMILES string of the molecule is COc1ccc(S(=O)(=O)Nc2cc(C3CCCCC3)c3c(c2)C2(CCC2)C(=O)C3)c(OC)c1.COc1ccc(S(=O)(=O)Nc2cc(C3CCN(C(=O)OC(C)(C)C)CC3)c3c(c2)C2(CCC2)C(=O)C3)c(OC)c1. The molecule has 4 aromatic rings. The predicted molar refractivity (Wildman–Crippen MR) is 278 cm³/mol. The van der Waals surface area contributed by atoms with E-state index in [1.807, 2.05) is 45.0 Å². The summed E-state index contributed by atoms with van der Waals surface area (Å²) in [7, 11) is -2.03. The number of fused-ring (bicyclic) bond motifs is 4. The molecule has 73 heavy (non-hydrogen) atoms. The molecule has 15 nitrogen and oxygen atoms in total. The molecule has 1 aliphatic heterocycles. The lowest BCUT2D eigenvalue weighted by Crippen LogP contribution is -2.41. The van der Waals surface area contributed by atoms with Crippen LogP contribution in [0.1, 0.15) is 149 Å². The molecule has 2 N–H and O–H groups in total. The Morgan fingerprint density at radius 3 is 1.37 bits per heavy atom. The standard InChI is InChI=1S/C30H38N2O7S.C26H31NO5S/c1-29(2,3)39-28(34)32-13-9-19(10-14-32)22-15-20(16-24-23(22)18-27(33)30(24)11-6-12-30)31-40(35,36)26-8-7-21(37-4)17-25(26)38-5;1-31-19-9-10-24(23(15-19)32-2)33(29,30)27-18-13-20(17-7-4-3-5-8-17)21-16-25(28)26(11-6-12-26)22(21)14-18/h7-8,15-17,19,31H,6,9-14,18H2,1-5H3;9-10,13-15,17,27H,3-8,11-12,16H2,1-2H3. The number of likely N-dealkylation sites (tertiary alicyclic amines) is 1. The molecule has 2 spiro atoms. The summed E-state index contributed by atoms with van der Waals surface area (Å²) in [5, 5.41) is 0. The van der Waals surface area contributed by atoms with Crippen LogP contribution >= 0.6 is 0 Å². The topological polar surface area (TPSA) is 193 Å². The van der Waals surface area contributed by atoms with Gasteiger partial charge in [-0.05, 0) is 166 Å². The summed E-state index contributed by atoms with van der Waals surface area (Å²) < 4.78 is 86.1. The van der Waals surface area contributed by atoms with Crippen molar-refractivity contribution in [2.24, 2.45) is 0 Å². The van der Waals surface area contributed by atoms with E-state index in [9.17, 15) is 31.2 Å². The highest BCUT2D eigenvalue weighted by Gasteiger charge is 2.53. The minimum Gasteiger partial charge on any atom is -0.497 e. The Hall–Kier alpha value is -5.81. The van der Waals surface area contributed by atoms with Crippen LogP contribution in [0.3, 0.4) is 0 Å². The molecule has 17 heteroatoms. The molecule has 1 saturated heterocycles. The second-order valence-electron chi connectivity index (χ2n) is 21.6. The first kappa shape index (κ1) is 52.1. The van der Waals surface area contributed by atoms with Crippen molar-refractivity contribution < 1.29 is 54.9 Å². The average Bonchev–Trinajstić information content (AvgIpc) is 3.82. The first-order valence-corrected chi connectivity index (χ1v) is 28.6. The molecule has 0 bridgehead atoms. The maximum atomic E-state index is 13.6. The van der Waals surface area contributed by atoms with E-state index < -0.39 is 36.5 Å². The van der Waals surface area contributed by atoms with Gasteiger partial charge in [0.05, 0.1) is 39.3 Å². The van der Waals surface area contributed by atoms with E-state index in [1.54, 1.807) is 23.1 Å². The van der Waals surface area contributed by atoms with Crippen molar-refractivity contribution in [3.05, 3.63) is 94.0 Å². The number of nitrogens with zero attached hydrogens (tertiary/aromatic N) is 1. The zero-order valence-corrected chi connectivity index (χ0v) is 44.7. The van der Waals surface area contributed by atoms with E-state index in [0.29, 0.717) is 73.3 Å². The van der Waals surface area contributed by atoms with Gasteiger partial charge in [-0.15, -0.1) is 0 Å². The van der Waals surface area contributed by atoms with Gasteiger partial charge in [0.2, 0.25) is 0 Å². The van der Waals surface area contributed by atoms with E-state index >= 15 is 0 Å². The fourth-order valence-corrected chi connectivity index (χ4v) is 14.5. The molecular formula is C56H69N3O12S2. The number of carbonyl (C=O) groups is 3. The van der Waals surface area contributed by atoms with Gasteiger partial charge in [0, 0.05) is 49.4 Å². The largest absolute Gasteiger partial charge is 0.497 e. The highest BCUT2D eigenvalue weighted by Crippen LogP contribution is 2.55. The van der Waals surface area contributed by atoms with Crippen LogP contribution < -0.4 is 28.4 Å². The molecular weight excluding hydrogens is 971 g/mol. The number of benzene rings is 4. The van der Waals surface area contributed by atoms with E-state index in [4.69, 9.17) is 23.7 Å². The lowest BCUT2D eigenvalue weighted by molar-refractivity contribution is -0.126. The number of ketones is 2. The molecule has 5 aliphatic carbocycles. The second kappa shape index (κ2) is 20.1. The van der Waals surface area contributed by atoms with Gasteiger partial charge in [0.15, 0.2) is 0 Å². The summed E-state index contributed by atoms with van der Waals surface area (Å²) in [6.07, 6.45) is 13.1. The number of piperidine rings is 1. The number of ether oxygens (including phenoxy) is 5. The first-order chi connectivity index (χ1) is 34.7. The number of methoxy groups -OCH3 is 4. The zero-order valence-electron chi connectivity index (χ0n) is 43.1. The lowest BCUT2D eigenvalue weighted by Gasteiger charge is -2.38. The van der Waals surface area contributed by atoms with Crippen molar-refractivity contribution in [1.29, 1.82) is 0 Å². The summed E-state index contributed by atoms with van der Waals surface area (Å²) >= 11 is 0. The highest BCUT2D eigenvalue weighted by molar-refractivity contribution is 7.93. The monoisotopic (exact) mass is 1040 g/mol. The van der Waals surface area contributed by atoms with Crippen molar-refractivity contribution in [2.75, 3.05) is 51.0 Å². The van der Waals surface area contributed by atoms with Crippen LogP contribution in [0.25, 0.3) is 0 Å². The van der Waals surface area contributed by atoms with Crippen molar-refractivity contribution in [3.63, 3.8) is 0 Å².